The molecule has 1 aromatic carbocycles. The number of benzene rings is 1. The third kappa shape index (κ3) is 4.59. The lowest BCUT2D eigenvalue weighted by molar-refractivity contribution is 0.174. The van der Waals surface area contributed by atoms with Crippen LogP contribution in [0.4, 0.5) is 0 Å². The van der Waals surface area contributed by atoms with E-state index in [0.29, 0.717) is 6.79 Å². The van der Waals surface area contributed by atoms with E-state index in [1.54, 1.807) is 11.8 Å². The molecule has 0 saturated heterocycles. The summed E-state index contributed by atoms with van der Waals surface area (Å²) in [4.78, 5) is 8.88. The van der Waals surface area contributed by atoms with Gasteiger partial charge in [0.15, 0.2) is 16.7 Å². The van der Waals surface area contributed by atoms with Crippen molar-refractivity contribution in [2.24, 2.45) is 0 Å². The molecule has 0 fully saturated rings. The van der Waals surface area contributed by atoms with Gasteiger partial charge in [0.1, 0.15) is 0 Å². The summed E-state index contributed by atoms with van der Waals surface area (Å²) in [5.74, 6) is 2.68. The molecule has 0 atom stereocenters. The Hall–Kier alpha value is -1.79. The van der Waals surface area contributed by atoms with Crippen molar-refractivity contribution in [2.75, 3.05) is 19.1 Å². The zero-order chi connectivity index (χ0) is 16.1. The zero-order valence-electron chi connectivity index (χ0n) is 13.5. The van der Waals surface area contributed by atoms with Crippen LogP contribution in [0.3, 0.4) is 0 Å². The third-order valence-corrected chi connectivity index (χ3v) is 4.39. The van der Waals surface area contributed by atoms with Gasteiger partial charge in [-0.1, -0.05) is 17.8 Å². The lowest BCUT2D eigenvalue weighted by atomic mass is 10.2. The van der Waals surface area contributed by atoms with Crippen LogP contribution >= 0.6 is 11.8 Å². The smallest absolute Gasteiger partial charge is 0.231 e. The number of hydrogen-bond acceptors (Lipinski definition) is 6. The minimum absolute atomic E-state index is 0.323. The molecule has 1 aliphatic heterocycles. The number of nitrogens with one attached hydrogen (secondary N) is 1. The number of aryl methyl sites for hydroxylation is 2. The molecule has 2 heterocycles. The molecule has 1 aromatic heterocycles. The maximum atomic E-state index is 5.38. The van der Waals surface area contributed by atoms with Crippen molar-refractivity contribution in [1.82, 2.24) is 15.3 Å². The second kappa shape index (κ2) is 7.66. The molecule has 0 saturated carbocycles. The maximum Gasteiger partial charge on any atom is 0.231 e. The predicted octanol–water partition coefficient (Wildman–Crippen LogP) is 3.09. The summed E-state index contributed by atoms with van der Waals surface area (Å²) >= 11 is 1.71. The van der Waals surface area contributed by atoms with Gasteiger partial charge in [0.2, 0.25) is 6.79 Å². The van der Waals surface area contributed by atoms with E-state index in [9.17, 15) is 0 Å². The Balaban J connectivity index is 1.35. The average molecular weight is 331 g/mol. The maximum absolute atomic E-state index is 5.38. The number of rotatable bonds is 7. The number of hydrogen-bond donors (Lipinski definition) is 1. The van der Waals surface area contributed by atoms with Gasteiger partial charge < -0.3 is 14.8 Å². The van der Waals surface area contributed by atoms with E-state index in [1.807, 2.05) is 32.0 Å². The summed E-state index contributed by atoms with van der Waals surface area (Å²) in [6.07, 6.45) is 1.07. The Bertz CT molecular complexity index is 659. The van der Waals surface area contributed by atoms with Crippen molar-refractivity contribution >= 4 is 11.8 Å². The average Bonchev–Trinajstić information content (AvgIpc) is 2.97. The number of thioether (sulfide) groups is 1. The summed E-state index contributed by atoms with van der Waals surface area (Å²) in [6.45, 7) is 6.13. The van der Waals surface area contributed by atoms with Crippen LogP contribution in [0.5, 0.6) is 11.5 Å². The first-order chi connectivity index (χ1) is 11.2. The molecule has 0 amide bonds. The molecule has 0 aliphatic carbocycles. The van der Waals surface area contributed by atoms with Crippen molar-refractivity contribution in [2.45, 2.75) is 32.0 Å². The zero-order valence-corrected chi connectivity index (χ0v) is 14.3. The predicted molar refractivity (Wildman–Crippen MR) is 91.1 cm³/mol. The summed E-state index contributed by atoms with van der Waals surface area (Å²) in [7, 11) is 0. The van der Waals surface area contributed by atoms with Gasteiger partial charge >= 0.3 is 0 Å². The largest absolute Gasteiger partial charge is 0.454 e. The fourth-order valence-electron chi connectivity index (χ4n) is 2.40. The quantitative estimate of drug-likeness (QED) is 0.478. The lowest BCUT2D eigenvalue weighted by Gasteiger charge is -2.06. The third-order valence-electron chi connectivity index (χ3n) is 3.46. The van der Waals surface area contributed by atoms with Crippen molar-refractivity contribution in [1.29, 1.82) is 0 Å². The van der Waals surface area contributed by atoms with Crippen molar-refractivity contribution < 1.29 is 9.47 Å². The molecule has 6 heteroatoms. The van der Waals surface area contributed by atoms with E-state index >= 15 is 0 Å². The molecule has 23 heavy (non-hydrogen) atoms. The van der Waals surface area contributed by atoms with Crippen molar-refractivity contribution in [3.05, 3.63) is 41.2 Å². The Morgan fingerprint density at radius 2 is 1.87 bits per heavy atom. The lowest BCUT2D eigenvalue weighted by Crippen LogP contribution is -2.15. The molecule has 3 rings (SSSR count). The molecule has 1 N–H and O–H groups in total. The number of aromatic nitrogens is 2. The second-order valence-corrected chi connectivity index (χ2v) is 6.56. The highest BCUT2D eigenvalue weighted by Gasteiger charge is 2.12. The molecular formula is C17H21N3O2S. The fourth-order valence-corrected chi connectivity index (χ4v) is 3.29. The first-order valence-corrected chi connectivity index (χ1v) is 8.73. The Morgan fingerprint density at radius 1 is 1.09 bits per heavy atom. The molecule has 1 aliphatic rings. The van der Waals surface area contributed by atoms with Gasteiger partial charge in [-0.3, -0.25) is 0 Å². The van der Waals surface area contributed by atoms with Gasteiger partial charge in [-0.2, -0.15) is 0 Å². The van der Waals surface area contributed by atoms with Crippen LogP contribution in [0.25, 0.3) is 0 Å². The number of ether oxygens (including phenoxy) is 2. The Morgan fingerprint density at radius 3 is 2.70 bits per heavy atom. The van der Waals surface area contributed by atoms with Crippen LogP contribution in [0, 0.1) is 13.8 Å². The number of nitrogens with zero attached hydrogens (tertiary/aromatic N) is 2. The van der Waals surface area contributed by atoms with Gasteiger partial charge in [-0.15, -0.1) is 0 Å². The minimum Gasteiger partial charge on any atom is -0.454 e. The van der Waals surface area contributed by atoms with Crippen LogP contribution in [0.15, 0.2) is 29.4 Å². The van der Waals surface area contributed by atoms with E-state index in [4.69, 9.17) is 9.47 Å². The molecule has 0 spiro atoms. The van der Waals surface area contributed by atoms with Gasteiger partial charge in [0, 0.05) is 23.7 Å². The van der Waals surface area contributed by atoms with Crippen molar-refractivity contribution in [3.63, 3.8) is 0 Å². The van der Waals surface area contributed by atoms with E-state index in [1.165, 1.54) is 5.56 Å². The topological polar surface area (TPSA) is 56.3 Å². The molecular weight excluding hydrogens is 310 g/mol. The van der Waals surface area contributed by atoms with Crippen LogP contribution in [-0.2, 0) is 6.54 Å². The van der Waals surface area contributed by atoms with Gasteiger partial charge in [0.05, 0.1) is 0 Å². The molecule has 2 aromatic rings. The normalized spacial score (nSPS) is 12.6. The first kappa shape index (κ1) is 16.1. The molecule has 122 valence electrons. The highest BCUT2D eigenvalue weighted by atomic mass is 32.2. The molecule has 0 unspecified atom stereocenters. The standard InChI is InChI=1S/C17H21N3O2S/c1-12-8-13(2)20-17(19-12)23-7-3-6-18-10-14-4-5-15-16(9-14)22-11-21-15/h4-5,8-9,18H,3,6-7,10-11H2,1-2H3. The SMILES string of the molecule is Cc1cc(C)nc(SCCCNCc2ccc3c(c2)OCO3)n1. The highest BCUT2D eigenvalue weighted by molar-refractivity contribution is 7.99. The summed E-state index contributed by atoms with van der Waals surface area (Å²) in [5.41, 5.74) is 3.27. The van der Waals surface area contributed by atoms with E-state index in [-0.39, 0.29) is 0 Å². The Kier molecular flexibility index (Phi) is 5.35. The Labute approximate surface area is 140 Å². The van der Waals surface area contributed by atoms with Crippen molar-refractivity contribution in [3.8, 4) is 11.5 Å². The first-order valence-electron chi connectivity index (χ1n) is 7.75. The van der Waals surface area contributed by atoms with Crippen LogP contribution in [0.2, 0.25) is 0 Å². The van der Waals surface area contributed by atoms with Crippen LogP contribution in [-0.4, -0.2) is 29.1 Å². The monoisotopic (exact) mass is 331 g/mol. The highest BCUT2D eigenvalue weighted by Crippen LogP contribution is 2.32. The molecule has 0 bridgehead atoms. The van der Waals surface area contributed by atoms with Gasteiger partial charge in [0.25, 0.3) is 0 Å². The van der Waals surface area contributed by atoms with E-state index in [0.717, 1.165) is 53.3 Å². The molecule has 5 nitrogen and oxygen atoms in total. The summed E-state index contributed by atoms with van der Waals surface area (Å²) < 4.78 is 10.7. The van der Waals surface area contributed by atoms with Gasteiger partial charge in [-0.05, 0) is 50.6 Å². The minimum atomic E-state index is 0.323. The van der Waals surface area contributed by atoms with Crippen LogP contribution in [0.1, 0.15) is 23.4 Å². The summed E-state index contributed by atoms with van der Waals surface area (Å²) in [5, 5.41) is 4.32. The number of fused-ring (bicyclic) bond motifs is 1. The van der Waals surface area contributed by atoms with Crippen LogP contribution < -0.4 is 14.8 Å². The second-order valence-electron chi connectivity index (χ2n) is 5.50. The van der Waals surface area contributed by atoms with E-state index in [2.05, 4.69) is 21.4 Å². The fraction of sp³-hybridized carbons (Fsp3) is 0.412. The van der Waals surface area contributed by atoms with E-state index < -0.39 is 0 Å². The molecule has 0 radical (unpaired) electrons. The summed E-state index contributed by atoms with van der Waals surface area (Å²) in [6, 6.07) is 8.07. The van der Waals surface area contributed by atoms with Gasteiger partial charge in [-0.25, -0.2) is 9.97 Å².